The Hall–Kier alpha value is -1.84. The van der Waals surface area contributed by atoms with Crippen LogP contribution in [-0.2, 0) is 4.79 Å². The summed E-state index contributed by atoms with van der Waals surface area (Å²) < 4.78 is 0. The van der Waals surface area contributed by atoms with Crippen molar-refractivity contribution in [1.82, 2.24) is 9.88 Å². The summed E-state index contributed by atoms with van der Waals surface area (Å²) in [6, 6.07) is 3.89. The van der Waals surface area contributed by atoms with Crippen LogP contribution in [0.5, 0.6) is 0 Å². The van der Waals surface area contributed by atoms with Gasteiger partial charge in [0.05, 0.1) is 5.70 Å². The number of carbonyl (C=O) groups excluding carboxylic acids is 1. The van der Waals surface area contributed by atoms with Gasteiger partial charge in [0.1, 0.15) is 0 Å². The molecule has 1 atom stereocenters. The zero-order valence-corrected chi connectivity index (χ0v) is 8.55. The number of nitrogens with two attached hydrogens (primary N) is 1. The molecule has 1 aliphatic rings. The van der Waals surface area contributed by atoms with Gasteiger partial charge in [0.15, 0.2) is 0 Å². The van der Waals surface area contributed by atoms with Crippen LogP contribution in [0.2, 0.25) is 0 Å². The van der Waals surface area contributed by atoms with Gasteiger partial charge in [-0.2, -0.15) is 0 Å². The van der Waals surface area contributed by atoms with Crippen LogP contribution in [0, 0.1) is 0 Å². The quantitative estimate of drug-likeness (QED) is 0.722. The van der Waals surface area contributed by atoms with Gasteiger partial charge in [-0.1, -0.05) is 0 Å². The third-order valence-corrected chi connectivity index (χ3v) is 2.58. The van der Waals surface area contributed by atoms with Crippen molar-refractivity contribution in [2.24, 2.45) is 5.73 Å². The summed E-state index contributed by atoms with van der Waals surface area (Å²) in [5, 5.41) is 0. The first-order valence-corrected chi connectivity index (χ1v) is 4.81. The molecule has 0 spiro atoms. The van der Waals surface area contributed by atoms with E-state index in [-0.39, 0.29) is 11.8 Å². The largest absolute Gasteiger partial charge is 0.395 e. The molecule has 0 aromatic carbocycles. The molecule has 2 N–H and O–H groups in total. The lowest BCUT2D eigenvalue weighted by Gasteiger charge is -2.27. The standard InChI is InChI=1S/C11H13N3O/c1-14-7-9(6-10(12)11(14)15)8-2-4-13-5-3-8/h2-6,9H,7,12H2,1H3. The fourth-order valence-corrected chi connectivity index (χ4v) is 1.75. The highest BCUT2D eigenvalue weighted by atomic mass is 16.2. The Labute approximate surface area is 88.4 Å². The molecule has 2 heterocycles. The van der Waals surface area contributed by atoms with Gasteiger partial charge in [-0.05, 0) is 23.8 Å². The van der Waals surface area contributed by atoms with Crippen LogP contribution < -0.4 is 5.73 Å². The van der Waals surface area contributed by atoms with E-state index < -0.39 is 0 Å². The number of amides is 1. The molecule has 2 rings (SSSR count). The fourth-order valence-electron chi connectivity index (χ4n) is 1.75. The predicted octanol–water partition coefficient (Wildman–Crippen LogP) is 0.480. The lowest BCUT2D eigenvalue weighted by atomic mass is 9.95. The summed E-state index contributed by atoms with van der Waals surface area (Å²) in [6.45, 7) is 0.670. The van der Waals surface area contributed by atoms with Crippen LogP contribution in [0.15, 0.2) is 36.3 Å². The normalized spacial score (nSPS) is 21.4. The van der Waals surface area contributed by atoms with Gasteiger partial charge in [0, 0.05) is 31.9 Å². The summed E-state index contributed by atoms with van der Waals surface area (Å²) in [5.74, 6) is 0.0796. The van der Waals surface area contributed by atoms with E-state index in [0.29, 0.717) is 12.2 Å². The van der Waals surface area contributed by atoms with E-state index in [1.165, 1.54) is 0 Å². The van der Waals surface area contributed by atoms with Crippen LogP contribution >= 0.6 is 0 Å². The average Bonchev–Trinajstić information content (AvgIpc) is 2.26. The van der Waals surface area contributed by atoms with Crippen molar-refractivity contribution < 1.29 is 4.79 Å². The summed E-state index contributed by atoms with van der Waals surface area (Å²) >= 11 is 0. The first-order chi connectivity index (χ1) is 7.18. The van der Waals surface area contributed by atoms with Gasteiger partial charge >= 0.3 is 0 Å². The minimum Gasteiger partial charge on any atom is -0.395 e. The maximum atomic E-state index is 11.4. The van der Waals surface area contributed by atoms with Crippen LogP contribution in [0.4, 0.5) is 0 Å². The molecule has 1 aliphatic heterocycles. The minimum absolute atomic E-state index is 0.0969. The average molecular weight is 203 g/mol. The highest BCUT2D eigenvalue weighted by Crippen LogP contribution is 2.22. The van der Waals surface area contributed by atoms with Gasteiger partial charge in [0.2, 0.25) is 0 Å². The Morgan fingerprint density at radius 3 is 2.73 bits per heavy atom. The monoisotopic (exact) mass is 203 g/mol. The number of hydrogen-bond acceptors (Lipinski definition) is 3. The molecule has 0 fully saturated rings. The van der Waals surface area contributed by atoms with Crippen LogP contribution in [0.3, 0.4) is 0 Å². The molecule has 1 unspecified atom stereocenters. The van der Waals surface area contributed by atoms with Crippen molar-refractivity contribution in [3.05, 3.63) is 41.9 Å². The first kappa shape index (κ1) is 9.71. The summed E-state index contributed by atoms with van der Waals surface area (Å²) in [5.41, 5.74) is 7.11. The van der Waals surface area contributed by atoms with Crippen molar-refractivity contribution >= 4 is 5.91 Å². The highest BCUT2D eigenvalue weighted by Gasteiger charge is 2.23. The van der Waals surface area contributed by atoms with E-state index >= 15 is 0 Å². The smallest absolute Gasteiger partial charge is 0.269 e. The third-order valence-electron chi connectivity index (χ3n) is 2.58. The molecule has 1 aromatic rings. The molecular formula is C11H13N3O. The molecule has 1 aromatic heterocycles. The Balaban J connectivity index is 2.30. The number of aromatic nitrogens is 1. The van der Waals surface area contributed by atoms with E-state index in [2.05, 4.69) is 4.98 Å². The zero-order valence-electron chi connectivity index (χ0n) is 8.55. The molecule has 1 amide bonds. The number of carbonyl (C=O) groups is 1. The number of pyridine rings is 1. The SMILES string of the molecule is CN1CC(c2ccncc2)C=C(N)C1=O. The van der Waals surface area contributed by atoms with Crippen molar-refractivity contribution in [3.8, 4) is 0 Å². The molecule has 0 aliphatic carbocycles. The van der Waals surface area contributed by atoms with Crippen LogP contribution in [0.1, 0.15) is 11.5 Å². The maximum absolute atomic E-state index is 11.4. The lowest BCUT2D eigenvalue weighted by molar-refractivity contribution is -0.126. The van der Waals surface area contributed by atoms with E-state index in [9.17, 15) is 4.79 Å². The summed E-state index contributed by atoms with van der Waals surface area (Å²) in [6.07, 6.45) is 5.31. The van der Waals surface area contributed by atoms with Gasteiger partial charge < -0.3 is 10.6 Å². The van der Waals surface area contributed by atoms with Crippen molar-refractivity contribution in [1.29, 1.82) is 0 Å². The van der Waals surface area contributed by atoms with E-state index in [1.54, 1.807) is 24.3 Å². The predicted molar refractivity (Wildman–Crippen MR) is 56.9 cm³/mol. The zero-order chi connectivity index (χ0) is 10.8. The molecule has 0 saturated carbocycles. The van der Waals surface area contributed by atoms with Crippen LogP contribution in [0.25, 0.3) is 0 Å². The number of hydrogen-bond donors (Lipinski definition) is 1. The third kappa shape index (κ3) is 1.83. The van der Waals surface area contributed by atoms with Gasteiger partial charge in [-0.3, -0.25) is 9.78 Å². The van der Waals surface area contributed by atoms with Crippen molar-refractivity contribution in [2.75, 3.05) is 13.6 Å². The second-order valence-electron chi connectivity index (χ2n) is 3.69. The molecule has 4 heteroatoms. The van der Waals surface area contributed by atoms with Crippen LogP contribution in [-0.4, -0.2) is 29.4 Å². The lowest BCUT2D eigenvalue weighted by Crippen LogP contribution is -2.38. The van der Waals surface area contributed by atoms with E-state index in [4.69, 9.17) is 5.73 Å². The molecule has 0 saturated heterocycles. The Bertz CT molecular complexity index is 400. The topological polar surface area (TPSA) is 59.2 Å². The minimum atomic E-state index is -0.0969. The number of rotatable bonds is 1. The molecule has 0 bridgehead atoms. The molecule has 4 nitrogen and oxygen atoms in total. The fraction of sp³-hybridized carbons (Fsp3) is 0.273. The molecule has 78 valence electrons. The van der Waals surface area contributed by atoms with Gasteiger partial charge in [0.25, 0.3) is 5.91 Å². The number of nitrogens with zero attached hydrogens (tertiary/aromatic N) is 2. The molecule has 15 heavy (non-hydrogen) atoms. The Morgan fingerprint density at radius 2 is 2.13 bits per heavy atom. The second kappa shape index (κ2) is 3.73. The Kier molecular flexibility index (Phi) is 2.41. The first-order valence-electron chi connectivity index (χ1n) is 4.81. The van der Waals surface area contributed by atoms with Crippen molar-refractivity contribution in [3.63, 3.8) is 0 Å². The van der Waals surface area contributed by atoms with Gasteiger partial charge in [-0.15, -0.1) is 0 Å². The summed E-state index contributed by atoms with van der Waals surface area (Å²) in [4.78, 5) is 17.0. The number of likely N-dealkylation sites (N-methyl/N-ethyl adjacent to an activating group) is 1. The summed E-state index contributed by atoms with van der Waals surface area (Å²) in [7, 11) is 1.76. The van der Waals surface area contributed by atoms with E-state index in [0.717, 1.165) is 5.56 Å². The second-order valence-corrected chi connectivity index (χ2v) is 3.69. The molecular weight excluding hydrogens is 190 g/mol. The maximum Gasteiger partial charge on any atom is 0.269 e. The highest BCUT2D eigenvalue weighted by molar-refractivity contribution is 5.93. The molecule has 0 radical (unpaired) electrons. The van der Waals surface area contributed by atoms with Gasteiger partial charge in [-0.25, -0.2) is 0 Å². The Morgan fingerprint density at radius 1 is 1.47 bits per heavy atom. The van der Waals surface area contributed by atoms with Crippen molar-refractivity contribution in [2.45, 2.75) is 5.92 Å². The van der Waals surface area contributed by atoms with E-state index in [1.807, 2.05) is 18.2 Å².